The molecule has 0 saturated carbocycles. The van der Waals surface area contributed by atoms with Crippen molar-refractivity contribution in [2.45, 2.75) is 6.92 Å². The quantitative estimate of drug-likeness (QED) is 0.767. The first-order valence-electron chi connectivity index (χ1n) is 6.09. The van der Waals surface area contributed by atoms with Crippen LogP contribution in [0.1, 0.15) is 15.4 Å². The van der Waals surface area contributed by atoms with E-state index in [9.17, 15) is 4.79 Å². The van der Waals surface area contributed by atoms with Crippen LogP contribution in [0.3, 0.4) is 0 Å². The van der Waals surface area contributed by atoms with Crippen molar-refractivity contribution < 1.29 is 4.79 Å². The average molecular weight is 336 g/mol. The third-order valence-electron chi connectivity index (χ3n) is 2.71. The zero-order valence-corrected chi connectivity index (χ0v) is 13.4. The highest BCUT2D eigenvalue weighted by atomic mass is 35.5. The molecular formula is C14H10ClN3OS2. The van der Waals surface area contributed by atoms with Gasteiger partial charge in [0, 0.05) is 6.20 Å². The van der Waals surface area contributed by atoms with Gasteiger partial charge in [-0.05, 0) is 31.2 Å². The minimum atomic E-state index is -0.201. The Labute approximate surface area is 134 Å². The molecule has 0 fully saturated rings. The fraction of sp³-hybridized carbons (Fsp3) is 0.0714. The molecule has 4 nitrogen and oxygen atoms in total. The number of carbonyl (C=O) groups is 1. The zero-order valence-electron chi connectivity index (χ0n) is 11.0. The number of thiazole rings is 1. The Hall–Kier alpha value is -1.76. The van der Waals surface area contributed by atoms with Gasteiger partial charge in [0.25, 0.3) is 5.91 Å². The van der Waals surface area contributed by atoms with Crippen molar-refractivity contribution in [2.75, 3.05) is 5.32 Å². The van der Waals surface area contributed by atoms with Crippen LogP contribution < -0.4 is 5.32 Å². The number of carbonyl (C=O) groups excluding carboxylic acids is 1. The molecule has 0 spiro atoms. The number of halogens is 1. The molecule has 21 heavy (non-hydrogen) atoms. The number of rotatable bonds is 3. The van der Waals surface area contributed by atoms with E-state index >= 15 is 0 Å². The number of hydrogen-bond donors (Lipinski definition) is 1. The van der Waals surface area contributed by atoms with Crippen LogP contribution in [0.15, 0.2) is 36.5 Å². The number of hydrogen-bond acceptors (Lipinski definition) is 5. The molecule has 0 atom stereocenters. The standard InChI is InChI=1S/C14H10ClN3OS2/c1-8-12(9-4-2-3-7-16-9)21-14(17-8)18-13(19)10-5-6-11(15)20-10/h2-7H,1H3,(H,17,18,19). The van der Waals surface area contributed by atoms with Crippen molar-refractivity contribution in [3.05, 3.63) is 51.4 Å². The van der Waals surface area contributed by atoms with E-state index < -0.39 is 0 Å². The van der Waals surface area contributed by atoms with E-state index in [1.165, 1.54) is 22.7 Å². The van der Waals surface area contributed by atoms with Crippen LogP contribution in [0.4, 0.5) is 5.13 Å². The van der Waals surface area contributed by atoms with Gasteiger partial charge < -0.3 is 0 Å². The Morgan fingerprint density at radius 2 is 2.10 bits per heavy atom. The highest BCUT2D eigenvalue weighted by molar-refractivity contribution is 7.20. The molecule has 0 aliphatic rings. The van der Waals surface area contributed by atoms with Crippen molar-refractivity contribution in [2.24, 2.45) is 0 Å². The lowest BCUT2D eigenvalue weighted by Gasteiger charge is -1.97. The van der Waals surface area contributed by atoms with E-state index in [-0.39, 0.29) is 5.91 Å². The van der Waals surface area contributed by atoms with Crippen molar-refractivity contribution in [1.29, 1.82) is 0 Å². The molecule has 7 heteroatoms. The van der Waals surface area contributed by atoms with Crippen LogP contribution >= 0.6 is 34.3 Å². The lowest BCUT2D eigenvalue weighted by Crippen LogP contribution is -2.09. The third kappa shape index (κ3) is 3.12. The monoisotopic (exact) mass is 335 g/mol. The average Bonchev–Trinajstić information content (AvgIpc) is 3.06. The predicted octanol–water partition coefficient (Wildman–Crippen LogP) is 4.48. The van der Waals surface area contributed by atoms with Crippen LogP contribution in [0.5, 0.6) is 0 Å². The molecule has 106 valence electrons. The molecule has 1 amide bonds. The molecule has 0 unspecified atom stereocenters. The summed E-state index contributed by atoms with van der Waals surface area (Å²) < 4.78 is 0.588. The SMILES string of the molecule is Cc1nc(NC(=O)c2ccc(Cl)s2)sc1-c1ccccn1. The summed E-state index contributed by atoms with van der Waals surface area (Å²) in [5, 5.41) is 3.35. The second-order valence-corrected chi connectivity index (χ2v) is 6.92. The zero-order chi connectivity index (χ0) is 14.8. The first kappa shape index (κ1) is 14.2. The minimum Gasteiger partial charge on any atom is -0.297 e. The molecule has 0 aliphatic heterocycles. The summed E-state index contributed by atoms with van der Waals surface area (Å²) in [6.07, 6.45) is 1.74. The lowest BCUT2D eigenvalue weighted by molar-refractivity contribution is 0.103. The van der Waals surface area contributed by atoms with Gasteiger partial charge in [0.1, 0.15) is 0 Å². The molecule has 3 rings (SSSR count). The molecule has 1 N–H and O–H groups in total. The van der Waals surface area contributed by atoms with E-state index in [1.54, 1.807) is 18.3 Å². The maximum absolute atomic E-state index is 12.1. The van der Waals surface area contributed by atoms with Gasteiger partial charge in [-0.2, -0.15) is 0 Å². The van der Waals surface area contributed by atoms with Crippen LogP contribution in [-0.4, -0.2) is 15.9 Å². The van der Waals surface area contributed by atoms with Gasteiger partial charge >= 0.3 is 0 Å². The fourth-order valence-electron chi connectivity index (χ4n) is 1.78. The third-order valence-corrected chi connectivity index (χ3v) is 5.04. The molecule has 3 aromatic heterocycles. The van der Waals surface area contributed by atoms with Crippen LogP contribution in [0, 0.1) is 6.92 Å². The molecule has 0 aliphatic carbocycles. The molecule has 0 radical (unpaired) electrons. The minimum absolute atomic E-state index is 0.201. The van der Waals surface area contributed by atoms with E-state index in [2.05, 4.69) is 15.3 Å². The Morgan fingerprint density at radius 1 is 1.24 bits per heavy atom. The summed E-state index contributed by atoms with van der Waals surface area (Å²) in [7, 11) is 0. The maximum Gasteiger partial charge on any atom is 0.267 e. The molecular weight excluding hydrogens is 326 g/mol. The Balaban J connectivity index is 1.83. The number of nitrogens with zero attached hydrogens (tertiary/aromatic N) is 2. The highest BCUT2D eigenvalue weighted by Crippen LogP contribution is 2.32. The first-order valence-corrected chi connectivity index (χ1v) is 8.10. The van der Waals surface area contributed by atoms with Gasteiger partial charge in [-0.25, -0.2) is 4.98 Å². The number of anilines is 1. The Bertz CT molecular complexity index is 783. The van der Waals surface area contributed by atoms with E-state index in [1.807, 2.05) is 25.1 Å². The number of aryl methyl sites for hydroxylation is 1. The second kappa shape index (κ2) is 5.93. The van der Waals surface area contributed by atoms with Gasteiger partial charge in [-0.1, -0.05) is 29.0 Å². The highest BCUT2D eigenvalue weighted by Gasteiger charge is 2.14. The summed E-state index contributed by atoms with van der Waals surface area (Å²) in [6, 6.07) is 9.11. The van der Waals surface area contributed by atoms with Crippen molar-refractivity contribution >= 4 is 45.3 Å². The maximum atomic E-state index is 12.1. The first-order chi connectivity index (χ1) is 10.1. The topological polar surface area (TPSA) is 54.9 Å². The number of thiophene rings is 1. The smallest absolute Gasteiger partial charge is 0.267 e. The largest absolute Gasteiger partial charge is 0.297 e. The second-order valence-electron chi connectivity index (χ2n) is 4.21. The normalized spacial score (nSPS) is 10.6. The summed E-state index contributed by atoms with van der Waals surface area (Å²) in [6.45, 7) is 1.90. The van der Waals surface area contributed by atoms with E-state index in [0.29, 0.717) is 14.3 Å². The van der Waals surface area contributed by atoms with Gasteiger partial charge in [-0.3, -0.25) is 15.1 Å². The van der Waals surface area contributed by atoms with E-state index in [4.69, 9.17) is 11.6 Å². The van der Waals surface area contributed by atoms with Gasteiger partial charge in [0.15, 0.2) is 5.13 Å². The number of aromatic nitrogens is 2. The molecule has 3 aromatic rings. The lowest BCUT2D eigenvalue weighted by atomic mass is 10.3. The molecule has 0 aromatic carbocycles. The summed E-state index contributed by atoms with van der Waals surface area (Å²) in [5.74, 6) is -0.201. The van der Waals surface area contributed by atoms with Gasteiger partial charge in [-0.15, -0.1) is 11.3 Å². The molecule has 0 saturated heterocycles. The Morgan fingerprint density at radius 3 is 2.76 bits per heavy atom. The number of nitrogens with one attached hydrogen (secondary N) is 1. The van der Waals surface area contributed by atoms with Crippen LogP contribution in [0.2, 0.25) is 4.34 Å². The number of amides is 1. The fourth-order valence-corrected chi connectivity index (χ4v) is 3.66. The van der Waals surface area contributed by atoms with E-state index in [0.717, 1.165) is 16.3 Å². The van der Waals surface area contributed by atoms with Crippen LogP contribution in [-0.2, 0) is 0 Å². The van der Waals surface area contributed by atoms with Crippen LogP contribution in [0.25, 0.3) is 10.6 Å². The van der Waals surface area contributed by atoms with Gasteiger partial charge in [0.05, 0.1) is 25.5 Å². The molecule has 0 bridgehead atoms. The number of pyridine rings is 1. The van der Waals surface area contributed by atoms with Crippen molar-refractivity contribution in [3.8, 4) is 10.6 Å². The molecule has 3 heterocycles. The van der Waals surface area contributed by atoms with Gasteiger partial charge in [0.2, 0.25) is 0 Å². The summed E-state index contributed by atoms with van der Waals surface area (Å²) in [5.41, 5.74) is 1.70. The van der Waals surface area contributed by atoms with Crippen molar-refractivity contribution in [1.82, 2.24) is 9.97 Å². The summed E-state index contributed by atoms with van der Waals surface area (Å²) in [4.78, 5) is 22.3. The van der Waals surface area contributed by atoms with Crippen molar-refractivity contribution in [3.63, 3.8) is 0 Å². The Kier molecular flexibility index (Phi) is 4.01. The predicted molar refractivity (Wildman–Crippen MR) is 87.4 cm³/mol. The summed E-state index contributed by atoms with van der Waals surface area (Å²) >= 11 is 8.48.